The summed E-state index contributed by atoms with van der Waals surface area (Å²) in [6.45, 7) is 0. The minimum atomic E-state index is 0.478. The van der Waals surface area contributed by atoms with Crippen LogP contribution in [0.1, 0.15) is 0 Å². The van der Waals surface area contributed by atoms with Gasteiger partial charge in [0.25, 0.3) is 0 Å². The molecule has 0 spiro atoms. The van der Waals surface area contributed by atoms with E-state index in [4.69, 9.17) is 21.3 Å². The average molecular weight is 353 g/mol. The Bertz CT molecular complexity index is 997. The lowest BCUT2D eigenvalue weighted by Gasteiger charge is -2.05. The van der Waals surface area contributed by atoms with Crippen LogP contribution >= 0.6 is 22.9 Å². The number of methoxy groups -OCH3 is 1. The van der Waals surface area contributed by atoms with Crippen molar-refractivity contribution in [2.45, 2.75) is 0 Å². The molecule has 0 bridgehead atoms. The second-order valence-corrected chi connectivity index (χ2v) is 6.48. The molecule has 0 amide bonds. The molecule has 4 aromatic rings. The van der Waals surface area contributed by atoms with Crippen LogP contribution in [-0.4, -0.2) is 17.1 Å². The van der Waals surface area contributed by atoms with Gasteiger partial charge >= 0.3 is 0 Å². The smallest absolute Gasteiger partial charge is 0.162 e. The van der Waals surface area contributed by atoms with Crippen molar-refractivity contribution in [3.05, 3.63) is 65.1 Å². The first-order valence-electron chi connectivity index (χ1n) is 7.41. The Balaban J connectivity index is 1.84. The zero-order chi connectivity index (χ0) is 16.5. The molecule has 0 saturated carbocycles. The fourth-order valence-corrected chi connectivity index (χ4v) is 3.87. The van der Waals surface area contributed by atoms with E-state index in [9.17, 15) is 0 Å². The molecule has 24 heavy (non-hydrogen) atoms. The van der Waals surface area contributed by atoms with E-state index in [1.165, 1.54) is 0 Å². The number of halogens is 1. The molecule has 0 unspecified atom stereocenters. The Hall–Kier alpha value is -2.43. The molecular formula is C19H13ClN2OS. The highest BCUT2D eigenvalue weighted by Crippen LogP contribution is 2.37. The Morgan fingerprint density at radius 3 is 2.38 bits per heavy atom. The molecule has 0 N–H and O–H groups in total. The Morgan fingerprint density at radius 1 is 0.917 bits per heavy atom. The maximum atomic E-state index is 6.50. The van der Waals surface area contributed by atoms with Crippen molar-refractivity contribution in [1.29, 1.82) is 0 Å². The van der Waals surface area contributed by atoms with Gasteiger partial charge < -0.3 is 4.74 Å². The van der Waals surface area contributed by atoms with E-state index < -0.39 is 0 Å². The summed E-state index contributed by atoms with van der Waals surface area (Å²) >= 11 is 8.08. The molecule has 0 atom stereocenters. The van der Waals surface area contributed by atoms with Crippen molar-refractivity contribution in [3.63, 3.8) is 0 Å². The number of benzene rings is 2. The van der Waals surface area contributed by atoms with E-state index in [1.54, 1.807) is 18.4 Å². The lowest BCUT2D eigenvalue weighted by Crippen LogP contribution is -1.91. The molecule has 2 aromatic carbocycles. The van der Waals surface area contributed by atoms with Gasteiger partial charge in [0.1, 0.15) is 15.7 Å². The van der Waals surface area contributed by atoms with Crippen molar-refractivity contribution >= 4 is 33.2 Å². The zero-order valence-corrected chi connectivity index (χ0v) is 14.4. The molecule has 5 heteroatoms. The van der Waals surface area contributed by atoms with Crippen molar-refractivity contribution in [1.82, 2.24) is 9.97 Å². The third-order valence-electron chi connectivity index (χ3n) is 3.82. The van der Waals surface area contributed by atoms with Gasteiger partial charge in [-0.3, -0.25) is 0 Å². The van der Waals surface area contributed by atoms with E-state index in [1.807, 2.05) is 42.5 Å². The highest BCUT2D eigenvalue weighted by atomic mass is 35.5. The van der Waals surface area contributed by atoms with Crippen molar-refractivity contribution < 1.29 is 4.74 Å². The third-order valence-corrected chi connectivity index (χ3v) is 4.97. The van der Waals surface area contributed by atoms with E-state index in [2.05, 4.69) is 22.5 Å². The maximum absolute atomic E-state index is 6.50. The molecule has 4 rings (SSSR count). The first-order chi connectivity index (χ1) is 11.8. The second kappa shape index (κ2) is 6.23. The van der Waals surface area contributed by atoms with Gasteiger partial charge in [-0.1, -0.05) is 41.9 Å². The number of hydrogen-bond donors (Lipinski definition) is 0. The van der Waals surface area contributed by atoms with Crippen LogP contribution < -0.4 is 4.74 Å². The molecule has 0 aliphatic carbocycles. The average Bonchev–Trinajstić information content (AvgIpc) is 3.07. The van der Waals surface area contributed by atoms with Crippen molar-refractivity contribution in [3.8, 4) is 28.3 Å². The summed E-state index contributed by atoms with van der Waals surface area (Å²) in [7, 11) is 1.64. The second-order valence-electron chi connectivity index (χ2n) is 5.26. The van der Waals surface area contributed by atoms with Gasteiger partial charge in [-0.15, -0.1) is 11.3 Å². The van der Waals surface area contributed by atoms with Crippen molar-refractivity contribution in [2.24, 2.45) is 0 Å². The van der Waals surface area contributed by atoms with E-state index >= 15 is 0 Å². The topological polar surface area (TPSA) is 35.0 Å². The Morgan fingerprint density at radius 2 is 1.67 bits per heavy atom. The minimum absolute atomic E-state index is 0.478. The van der Waals surface area contributed by atoms with E-state index in [-0.39, 0.29) is 0 Å². The fraction of sp³-hybridized carbons (Fsp3) is 0.0526. The predicted octanol–water partition coefficient (Wildman–Crippen LogP) is 5.69. The van der Waals surface area contributed by atoms with Gasteiger partial charge in [0, 0.05) is 16.5 Å². The molecule has 0 fully saturated rings. The largest absolute Gasteiger partial charge is 0.497 e. The number of hydrogen-bond acceptors (Lipinski definition) is 4. The molecule has 118 valence electrons. The van der Waals surface area contributed by atoms with E-state index in [0.29, 0.717) is 11.0 Å². The van der Waals surface area contributed by atoms with E-state index in [0.717, 1.165) is 32.7 Å². The van der Waals surface area contributed by atoms with Gasteiger partial charge in [-0.2, -0.15) is 0 Å². The number of nitrogens with zero attached hydrogens (tertiary/aromatic N) is 2. The van der Waals surface area contributed by atoms with Crippen LogP contribution in [0, 0.1) is 0 Å². The lowest BCUT2D eigenvalue weighted by molar-refractivity contribution is 0.415. The predicted molar refractivity (Wildman–Crippen MR) is 99.8 cm³/mol. The summed E-state index contributed by atoms with van der Waals surface area (Å²) in [5, 5.41) is 3.47. The third kappa shape index (κ3) is 2.64. The summed E-state index contributed by atoms with van der Waals surface area (Å²) in [6.07, 6.45) is 0. The van der Waals surface area contributed by atoms with Gasteiger partial charge in [0.15, 0.2) is 5.82 Å². The summed E-state index contributed by atoms with van der Waals surface area (Å²) < 4.78 is 5.19. The number of thiophene rings is 1. The van der Waals surface area contributed by atoms with Crippen LogP contribution in [0.5, 0.6) is 5.75 Å². The Kier molecular flexibility index (Phi) is 3.92. The standard InChI is InChI=1S/C19H13ClN2OS/c1-23-14-9-7-13(8-10-14)18-21-17(20)16-15(11-24-19(16)22-18)12-5-3-2-4-6-12/h2-11H,1H3. The minimum Gasteiger partial charge on any atom is -0.497 e. The fourth-order valence-electron chi connectivity index (χ4n) is 2.60. The highest BCUT2D eigenvalue weighted by Gasteiger charge is 2.14. The first kappa shape index (κ1) is 15.1. The molecule has 0 aliphatic rings. The molecule has 2 aromatic heterocycles. The van der Waals surface area contributed by atoms with Gasteiger partial charge in [-0.25, -0.2) is 9.97 Å². The van der Waals surface area contributed by atoms with Gasteiger partial charge in [0.05, 0.1) is 12.5 Å². The van der Waals surface area contributed by atoms with Crippen LogP contribution in [0.2, 0.25) is 5.15 Å². The Labute approximate surface area is 148 Å². The lowest BCUT2D eigenvalue weighted by atomic mass is 10.1. The monoisotopic (exact) mass is 352 g/mol. The van der Waals surface area contributed by atoms with Crippen LogP contribution in [0.25, 0.3) is 32.7 Å². The van der Waals surface area contributed by atoms with Crippen molar-refractivity contribution in [2.75, 3.05) is 7.11 Å². The summed E-state index contributed by atoms with van der Waals surface area (Å²) in [5.74, 6) is 1.42. The SMILES string of the molecule is COc1ccc(-c2nc(Cl)c3c(-c4ccccc4)csc3n2)cc1. The number of fused-ring (bicyclic) bond motifs is 1. The number of rotatable bonds is 3. The first-order valence-corrected chi connectivity index (χ1v) is 8.66. The number of aromatic nitrogens is 2. The van der Waals surface area contributed by atoms with Crippen LogP contribution in [0.3, 0.4) is 0 Å². The van der Waals surface area contributed by atoms with Gasteiger partial charge in [0.2, 0.25) is 0 Å². The zero-order valence-electron chi connectivity index (χ0n) is 12.9. The number of ether oxygens (including phenoxy) is 1. The molecule has 2 heterocycles. The summed E-state index contributed by atoms with van der Waals surface area (Å²) in [5.41, 5.74) is 3.10. The van der Waals surface area contributed by atoms with Crippen LogP contribution in [0.4, 0.5) is 0 Å². The molecule has 0 aliphatic heterocycles. The normalized spacial score (nSPS) is 10.9. The molecular weight excluding hydrogens is 340 g/mol. The van der Waals surface area contributed by atoms with Gasteiger partial charge in [-0.05, 0) is 29.8 Å². The highest BCUT2D eigenvalue weighted by molar-refractivity contribution is 7.17. The summed E-state index contributed by atoms with van der Waals surface area (Å²) in [4.78, 5) is 10.1. The molecule has 0 saturated heterocycles. The maximum Gasteiger partial charge on any atom is 0.162 e. The quantitative estimate of drug-likeness (QED) is 0.444. The molecule has 3 nitrogen and oxygen atoms in total. The molecule has 0 radical (unpaired) electrons. The van der Waals surface area contributed by atoms with Crippen LogP contribution in [-0.2, 0) is 0 Å². The summed E-state index contributed by atoms with van der Waals surface area (Å²) in [6, 6.07) is 17.8. The van der Waals surface area contributed by atoms with Crippen LogP contribution in [0.15, 0.2) is 60.0 Å².